The fourth-order valence-electron chi connectivity index (χ4n) is 3.03. The van der Waals surface area contributed by atoms with Gasteiger partial charge < -0.3 is 9.47 Å². The number of hydrogen-bond donors (Lipinski definition) is 0. The third-order valence-corrected chi connectivity index (χ3v) is 4.45. The van der Waals surface area contributed by atoms with Crippen LogP contribution in [0, 0.1) is 23.3 Å². The highest BCUT2D eigenvalue weighted by Gasteiger charge is 2.23. The molecule has 0 aliphatic rings. The monoisotopic (exact) mass is 436 g/mol. The summed E-state index contributed by atoms with van der Waals surface area (Å²) in [6.07, 6.45) is 1.83. The van der Waals surface area contributed by atoms with Crippen LogP contribution in [0.2, 0.25) is 0 Å². The van der Waals surface area contributed by atoms with Gasteiger partial charge in [-0.2, -0.15) is 0 Å². The Kier molecular flexibility index (Phi) is 6.89. The number of rotatable bonds is 7. The van der Waals surface area contributed by atoms with Crippen molar-refractivity contribution in [2.45, 2.75) is 19.8 Å². The van der Waals surface area contributed by atoms with Gasteiger partial charge in [0.2, 0.25) is 6.86 Å². The Morgan fingerprint density at radius 3 is 1.94 bits per heavy atom. The number of ether oxygens (including phenoxy) is 2. The number of hydrogen-bond acceptors (Lipinski definition) is 3. The summed E-state index contributed by atoms with van der Waals surface area (Å²) in [6.45, 7) is 0.558. The molecule has 0 bridgehead atoms. The van der Waals surface area contributed by atoms with Gasteiger partial charge in [0.05, 0.1) is 0 Å². The van der Waals surface area contributed by atoms with Gasteiger partial charge in [-0.15, -0.1) is 0 Å². The van der Waals surface area contributed by atoms with Crippen molar-refractivity contribution in [3.8, 4) is 22.6 Å². The summed E-state index contributed by atoms with van der Waals surface area (Å²) in [5, 5.41) is 0. The molecule has 3 nitrogen and oxygen atoms in total. The maximum Gasteiger partial charge on any atom is 0.349 e. The normalized spacial score (nSPS) is 10.8. The van der Waals surface area contributed by atoms with Gasteiger partial charge in [-0.25, -0.2) is 26.7 Å². The number of benzene rings is 3. The van der Waals surface area contributed by atoms with Crippen LogP contribution >= 0.6 is 0 Å². The summed E-state index contributed by atoms with van der Waals surface area (Å²) in [6, 6.07) is 10.1. The van der Waals surface area contributed by atoms with Crippen LogP contribution in [0.4, 0.5) is 22.0 Å². The molecule has 162 valence electrons. The molecule has 3 aromatic rings. The lowest BCUT2D eigenvalue weighted by atomic mass is 10.0. The Morgan fingerprint density at radius 2 is 1.42 bits per heavy atom. The third kappa shape index (κ3) is 5.02. The van der Waals surface area contributed by atoms with Crippen molar-refractivity contribution in [1.29, 1.82) is 0 Å². The molecule has 0 amide bonds. The second-order valence-electron chi connectivity index (χ2n) is 6.62. The molecule has 0 saturated heterocycles. The SMILES string of the molecule is CCCc1ccc(-c2cc(F)c(C(=O)Oc3cc(F)c(OCF)c(F)c3)c(F)c2)cc1. The number of carbonyl (C=O) groups excluding carboxylic acids is 1. The highest BCUT2D eigenvalue weighted by molar-refractivity contribution is 5.92. The molecule has 0 unspecified atom stereocenters. The van der Waals surface area contributed by atoms with Crippen LogP contribution in [0.1, 0.15) is 29.3 Å². The van der Waals surface area contributed by atoms with Gasteiger partial charge in [0.15, 0.2) is 17.4 Å². The van der Waals surface area contributed by atoms with Gasteiger partial charge in [-0.1, -0.05) is 37.6 Å². The predicted molar refractivity (Wildman–Crippen MR) is 104 cm³/mol. The van der Waals surface area contributed by atoms with Crippen molar-refractivity contribution >= 4 is 5.97 Å². The fourth-order valence-corrected chi connectivity index (χ4v) is 3.03. The van der Waals surface area contributed by atoms with Crippen LogP contribution in [0.25, 0.3) is 11.1 Å². The maximum absolute atomic E-state index is 14.5. The molecule has 3 aromatic carbocycles. The molecule has 0 N–H and O–H groups in total. The lowest BCUT2D eigenvalue weighted by Gasteiger charge is -2.11. The number of carbonyl (C=O) groups is 1. The van der Waals surface area contributed by atoms with Crippen molar-refractivity contribution in [1.82, 2.24) is 0 Å². The van der Waals surface area contributed by atoms with E-state index in [-0.39, 0.29) is 5.56 Å². The Balaban J connectivity index is 1.85. The zero-order chi connectivity index (χ0) is 22.5. The first-order chi connectivity index (χ1) is 14.8. The van der Waals surface area contributed by atoms with Gasteiger partial charge in [0.25, 0.3) is 0 Å². The predicted octanol–water partition coefficient (Wildman–Crippen LogP) is 6.39. The van der Waals surface area contributed by atoms with Crippen LogP contribution in [0.5, 0.6) is 11.5 Å². The highest BCUT2D eigenvalue weighted by Crippen LogP contribution is 2.29. The summed E-state index contributed by atoms with van der Waals surface area (Å²) < 4.78 is 77.5. The van der Waals surface area contributed by atoms with E-state index in [1.165, 1.54) is 0 Å². The van der Waals surface area contributed by atoms with Gasteiger partial charge in [-0.3, -0.25) is 0 Å². The van der Waals surface area contributed by atoms with Crippen LogP contribution in [-0.2, 0) is 6.42 Å². The standard InChI is InChI=1S/C23H17F5O3/c1-2-3-13-4-6-14(7-5-13)15-8-17(25)21(18(26)9-15)23(29)31-16-10-19(27)22(30-12-24)20(28)11-16/h4-11H,2-3,12H2,1H3. The molecule has 0 atom stereocenters. The smallest absolute Gasteiger partial charge is 0.349 e. The quantitative estimate of drug-likeness (QED) is 0.245. The molecule has 0 fully saturated rings. The molecule has 31 heavy (non-hydrogen) atoms. The molecule has 0 aliphatic heterocycles. The summed E-state index contributed by atoms with van der Waals surface area (Å²) >= 11 is 0. The second-order valence-corrected chi connectivity index (χ2v) is 6.62. The van der Waals surface area contributed by atoms with E-state index in [1.807, 2.05) is 19.1 Å². The first-order valence-corrected chi connectivity index (χ1v) is 9.32. The van der Waals surface area contributed by atoms with Gasteiger partial charge in [0.1, 0.15) is 22.9 Å². The molecule has 0 heterocycles. The van der Waals surface area contributed by atoms with Crippen molar-refractivity contribution in [2.24, 2.45) is 0 Å². The maximum atomic E-state index is 14.5. The minimum atomic E-state index is -1.49. The number of esters is 1. The minimum absolute atomic E-state index is 0.208. The molecular formula is C23H17F5O3. The fraction of sp³-hybridized carbons (Fsp3) is 0.174. The zero-order valence-corrected chi connectivity index (χ0v) is 16.4. The zero-order valence-electron chi connectivity index (χ0n) is 16.4. The highest BCUT2D eigenvalue weighted by atomic mass is 19.2. The number of alkyl halides is 1. The van der Waals surface area contributed by atoms with E-state index in [2.05, 4.69) is 4.74 Å². The van der Waals surface area contributed by atoms with Crippen molar-refractivity contribution in [2.75, 3.05) is 6.86 Å². The molecule has 0 saturated carbocycles. The van der Waals surface area contributed by atoms with E-state index in [0.29, 0.717) is 17.7 Å². The van der Waals surface area contributed by atoms with Gasteiger partial charge in [-0.05, 0) is 35.2 Å². The van der Waals surface area contributed by atoms with E-state index >= 15 is 0 Å². The van der Waals surface area contributed by atoms with E-state index in [9.17, 15) is 26.7 Å². The summed E-state index contributed by atoms with van der Waals surface area (Å²) in [5.74, 6) is -8.24. The van der Waals surface area contributed by atoms with Gasteiger partial charge >= 0.3 is 5.97 Å². The minimum Gasteiger partial charge on any atom is -0.457 e. The first-order valence-electron chi connectivity index (χ1n) is 9.32. The summed E-state index contributed by atoms with van der Waals surface area (Å²) in [4.78, 5) is 12.2. The molecule has 0 radical (unpaired) electrons. The molecule has 3 rings (SSSR count). The largest absolute Gasteiger partial charge is 0.457 e. The first kappa shape index (κ1) is 22.3. The van der Waals surface area contributed by atoms with E-state index in [1.54, 1.807) is 12.1 Å². The lowest BCUT2D eigenvalue weighted by molar-refractivity contribution is 0.0723. The topological polar surface area (TPSA) is 35.5 Å². The molecule has 0 spiro atoms. The average Bonchev–Trinajstić information content (AvgIpc) is 2.71. The van der Waals surface area contributed by atoms with Crippen LogP contribution in [0.15, 0.2) is 48.5 Å². The Morgan fingerprint density at radius 1 is 0.839 bits per heavy atom. The van der Waals surface area contributed by atoms with Crippen molar-refractivity contribution in [3.63, 3.8) is 0 Å². The van der Waals surface area contributed by atoms with Crippen LogP contribution in [0.3, 0.4) is 0 Å². The van der Waals surface area contributed by atoms with Crippen LogP contribution < -0.4 is 9.47 Å². The Labute approximate surface area is 175 Å². The molecule has 0 aliphatic carbocycles. The van der Waals surface area contributed by atoms with E-state index < -0.39 is 53.2 Å². The number of aryl methyl sites for hydroxylation is 1. The number of halogens is 5. The lowest BCUT2D eigenvalue weighted by Crippen LogP contribution is -2.14. The molecular weight excluding hydrogens is 419 g/mol. The van der Waals surface area contributed by atoms with Gasteiger partial charge in [0, 0.05) is 12.1 Å². The van der Waals surface area contributed by atoms with Crippen molar-refractivity contribution < 1.29 is 36.2 Å². The van der Waals surface area contributed by atoms with Crippen LogP contribution in [-0.4, -0.2) is 12.8 Å². The Hall–Kier alpha value is -3.42. The second kappa shape index (κ2) is 9.59. The average molecular weight is 436 g/mol. The van der Waals surface area contributed by atoms with E-state index in [0.717, 1.165) is 30.5 Å². The summed E-state index contributed by atoms with van der Waals surface area (Å²) in [7, 11) is 0. The van der Waals surface area contributed by atoms with E-state index in [4.69, 9.17) is 4.74 Å². The third-order valence-electron chi connectivity index (χ3n) is 4.45. The molecule has 0 aromatic heterocycles. The van der Waals surface area contributed by atoms with Crippen molar-refractivity contribution in [3.05, 3.63) is 82.9 Å². The molecule has 8 heteroatoms. The Bertz CT molecular complexity index is 1050. The summed E-state index contributed by atoms with van der Waals surface area (Å²) in [5.41, 5.74) is 0.815.